The number of hydrogen-bond acceptors (Lipinski definition) is 3. The highest BCUT2D eigenvalue weighted by Gasteiger charge is 2.38. The van der Waals surface area contributed by atoms with Gasteiger partial charge in [0.05, 0.1) is 0 Å². The number of nitrogens with zero attached hydrogens (tertiary/aromatic N) is 1. The van der Waals surface area contributed by atoms with E-state index in [0.29, 0.717) is 24.3 Å². The summed E-state index contributed by atoms with van der Waals surface area (Å²) in [6.45, 7) is 2.22. The van der Waals surface area contributed by atoms with Gasteiger partial charge in [0.2, 0.25) is 5.91 Å². The molecule has 0 radical (unpaired) electrons. The maximum Gasteiger partial charge on any atom is 0.220 e. The standard InChI is InChI=1S/C23H22N2OS/c1-14-12-21(26)25-20-9-6-16-13-17(7-8-18(16)22(14)20)27-23-19-5-3-2-4-15(19)10-11-24-23/h2-5,7-8,10-11,13-14,20,22H,6,9,12H2,1H3,(H,25,26). The van der Waals surface area contributed by atoms with Crippen LogP contribution in [-0.4, -0.2) is 16.9 Å². The van der Waals surface area contributed by atoms with Gasteiger partial charge in [0.15, 0.2) is 0 Å². The number of rotatable bonds is 2. The van der Waals surface area contributed by atoms with E-state index in [0.717, 1.165) is 17.9 Å². The Morgan fingerprint density at radius 3 is 2.96 bits per heavy atom. The normalized spacial score (nSPS) is 24.2. The van der Waals surface area contributed by atoms with Crippen molar-refractivity contribution in [3.8, 4) is 0 Å². The highest BCUT2D eigenvalue weighted by Crippen LogP contribution is 2.42. The fourth-order valence-electron chi connectivity index (χ4n) is 4.73. The number of carbonyl (C=O) groups is 1. The Morgan fingerprint density at radius 1 is 1.15 bits per heavy atom. The fraction of sp³-hybridized carbons (Fsp3) is 0.304. The van der Waals surface area contributed by atoms with E-state index in [1.165, 1.54) is 26.8 Å². The SMILES string of the molecule is CC1CC(=O)NC2CCc3cc(Sc4nccc5ccccc45)ccc3C12. The fourth-order valence-corrected chi connectivity index (χ4v) is 5.70. The molecule has 2 aliphatic rings. The molecule has 1 saturated heterocycles. The van der Waals surface area contributed by atoms with Crippen molar-refractivity contribution in [3.63, 3.8) is 0 Å². The van der Waals surface area contributed by atoms with Crippen LogP contribution in [0.3, 0.4) is 0 Å². The van der Waals surface area contributed by atoms with E-state index in [1.807, 2.05) is 6.20 Å². The molecule has 3 unspecified atom stereocenters. The molecule has 27 heavy (non-hydrogen) atoms. The van der Waals surface area contributed by atoms with Crippen molar-refractivity contribution in [1.82, 2.24) is 10.3 Å². The van der Waals surface area contributed by atoms with Crippen molar-refractivity contribution in [2.24, 2.45) is 5.92 Å². The van der Waals surface area contributed by atoms with Crippen LogP contribution in [0.1, 0.15) is 36.8 Å². The van der Waals surface area contributed by atoms with E-state index in [4.69, 9.17) is 0 Å². The molecule has 0 saturated carbocycles. The Balaban J connectivity index is 1.47. The predicted octanol–water partition coefficient (Wildman–Crippen LogP) is 4.94. The molecule has 1 fully saturated rings. The molecule has 136 valence electrons. The van der Waals surface area contributed by atoms with Gasteiger partial charge in [-0.1, -0.05) is 49.0 Å². The molecule has 2 aromatic carbocycles. The van der Waals surface area contributed by atoms with Crippen LogP contribution < -0.4 is 5.32 Å². The van der Waals surface area contributed by atoms with Crippen molar-refractivity contribution >= 4 is 28.4 Å². The molecule has 0 bridgehead atoms. The summed E-state index contributed by atoms with van der Waals surface area (Å²) in [5, 5.41) is 6.69. The molecule has 1 aromatic heterocycles. The average Bonchev–Trinajstić information content (AvgIpc) is 2.67. The molecule has 0 spiro atoms. The molecule has 5 rings (SSSR count). The summed E-state index contributed by atoms with van der Waals surface area (Å²) < 4.78 is 0. The maximum atomic E-state index is 11.9. The van der Waals surface area contributed by atoms with Gasteiger partial charge < -0.3 is 5.32 Å². The van der Waals surface area contributed by atoms with E-state index < -0.39 is 0 Å². The van der Waals surface area contributed by atoms with Crippen LogP contribution in [0.15, 0.2) is 64.6 Å². The average molecular weight is 375 g/mol. The van der Waals surface area contributed by atoms with Gasteiger partial charge in [-0.3, -0.25) is 4.79 Å². The van der Waals surface area contributed by atoms with Gasteiger partial charge in [-0.15, -0.1) is 0 Å². The summed E-state index contributed by atoms with van der Waals surface area (Å²) >= 11 is 1.74. The van der Waals surface area contributed by atoms with Crippen LogP contribution in [0.4, 0.5) is 0 Å². The lowest BCUT2D eigenvalue weighted by atomic mass is 9.70. The quantitative estimate of drug-likeness (QED) is 0.691. The zero-order chi connectivity index (χ0) is 18.4. The largest absolute Gasteiger partial charge is 0.353 e. The number of aryl methyl sites for hydroxylation is 1. The van der Waals surface area contributed by atoms with Crippen LogP contribution in [0.2, 0.25) is 0 Å². The van der Waals surface area contributed by atoms with Crippen LogP contribution in [0.25, 0.3) is 10.8 Å². The Morgan fingerprint density at radius 2 is 2.04 bits per heavy atom. The molecule has 1 amide bonds. The number of aromatic nitrogens is 1. The number of benzene rings is 2. The Kier molecular flexibility index (Phi) is 4.16. The van der Waals surface area contributed by atoms with E-state index in [9.17, 15) is 4.79 Å². The molecular formula is C23H22N2OS. The topological polar surface area (TPSA) is 42.0 Å². The highest BCUT2D eigenvalue weighted by atomic mass is 32.2. The molecule has 1 aliphatic heterocycles. The van der Waals surface area contributed by atoms with Crippen molar-refractivity contribution in [2.75, 3.05) is 0 Å². The van der Waals surface area contributed by atoms with Gasteiger partial charge in [-0.05, 0) is 53.5 Å². The van der Waals surface area contributed by atoms with Crippen molar-refractivity contribution in [3.05, 3.63) is 65.9 Å². The van der Waals surface area contributed by atoms with Gasteiger partial charge in [0.1, 0.15) is 5.03 Å². The molecule has 2 heterocycles. The summed E-state index contributed by atoms with van der Waals surface area (Å²) in [4.78, 5) is 17.7. The van der Waals surface area contributed by atoms with Gasteiger partial charge in [-0.25, -0.2) is 4.98 Å². The number of fused-ring (bicyclic) bond motifs is 4. The van der Waals surface area contributed by atoms with Gasteiger partial charge >= 0.3 is 0 Å². The summed E-state index contributed by atoms with van der Waals surface area (Å²) in [5.74, 6) is 1.06. The molecule has 3 aromatic rings. The second-order valence-electron chi connectivity index (χ2n) is 7.72. The van der Waals surface area contributed by atoms with Crippen LogP contribution in [0.5, 0.6) is 0 Å². The van der Waals surface area contributed by atoms with E-state index in [2.05, 4.69) is 65.8 Å². The first-order valence-corrected chi connectivity index (χ1v) is 10.4. The predicted molar refractivity (Wildman–Crippen MR) is 109 cm³/mol. The number of nitrogens with one attached hydrogen (secondary N) is 1. The minimum absolute atomic E-state index is 0.210. The lowest BCUT2D eigenvalue weighted by Crippen LogP contribution is -2.49. The number of pyridine rings is 1. The van der Waals surface area contributed by atoms with Gasteiger partial charge in [-0.2, -0.15) is 0 Å². The highest BCUT2D eigenvalue weighted by molar-refractivity contribution is 7.99. The molecule has 3 atom stereocenters. The third-order valence-electron chi connectivity index (χ3n) is 5.95. The van der Waals surface area contributed by atoms with Crippen LogP contribution >= 0.6 is 11.8 Å². The van der Waals surface area contributed by atoms with Crippen molar-refractivity contribution < 1.29 is 4.79 Å². The Hall–Kier alpha value is -2.33. The summed E-state index contributed by atoms with van der Waals surface area (Å²) in [5.41, 5.74) is 2.86. The summed E-state index contributed by atoms with van der Waals surface area (Å²) in [6.07, 6.45) is 4.59. The first-order chi connectivity index (χ1) is 13.2. The number of carbonyl (C=O) groups excluding carboxylic acids is 1. The third-order valence-corrected chi connectivity index (χ3v) is 6.96. The smallest absolute Gasteiger partial charge is 0.220 e. The first-order valence-electron chi connectivity index (χ1n) is 9.63. The number of piperidine rings is 1. The zero-order valence-corrected chi connectivity index (χ0v) is 16.1. The van der Waals surface area contributed by atoms with E-state index in [-0.39, 0.29) is 5.91 Å². The third kappa shape index (κ3) is 3.02. The van der Waals surface area contributed by atoms with E-state index in [1.54, 1.807) is 11.8 Å². The Labute approximate surface area is 163 Å². The van der Waals surface area contributed by atoms with Crippen molar-refractivity contribution in [1.29, 1.82) is 0 Å². The number of hydrogen-bond donors (Lipinski definition) is 1. The lowest BCUT2D eigenvalue weighted by Gasteiger charge is -2.41. The van der Waals surface area contributed by atoms with Crippen LogP contribution in [0, 0.1) is 5.92 Å². The second-order valence-corrected chi connectivity index (χ2v) is 8.78. The minimum atomic E-state index is 0.210. The Bertz CT molecular complexity index is 1030. The monoisotopic (exact) mass is 374 g/mol. The maximum absolute atomic E-state index is 11.9. The summed E-state index contributed by atoms with van der Waals surface area (Å²) in [6, 6.07) is 17.6. The molecule has 1 aliphatic carbocycles. The molecule has 4 heteroatoms. The zero-order valence-electron chi connectivity index (χ0n) is 15.3. The minimum Gasteiger partial charge on any atom is -0.353 e. The van der Waals surface area contributed by atoms with Gasteiger partial charge in [0, 0.05) is 34.9 Å². The van der Waals surface area contributed by atoms with Crippen molar-refractivity contribution in [2.45, 2.75) is 48.1 Å². The molecule has 3 nitrogen and oxygen atoms in total. The summed E-state index contributed by atoms with van der Waals surface area (Å²) in [7, 11) is 0. The van der Waals surface area contributed by atoms with Crippen LogP contribution in [-0.2, 0) is 11.2 Å². The molecule has 1 N–H and O–H groups in total. The number of amides is 1. The second kappa shape index (κ2) is 6.68. The lowest BCUT2D eigenvalue weighted by molar-refractivity contribution is -0.125. The first kappa shape index (κ1) is 16.8. The van der Waals surface area contributed by atoms with Gasteiger partial charge in [0.25, 0.3) is 0 Å². The van der Waals surface area contributed by atoms with E-state index >= 15 is 0 Å². The molecular weight excluding hydrogens is 352 g/mol.